The van der Waals surface area contributed by atoms with Crippen molar-refractivity contribution < 1.29 is 8.78 Å². The summed E-state index contributed by atoms with van der Waals surface area (Å²) in [5.74, 6) is -2.10. The fraction of sp³-hybridized carbons (Fsp3) is 0.667. The summed E-state index contributed by atoms with van der Waals surface area (Å²) < 4.78 is 25.7. The van der Waals surface area contributed by atoms with Crippen LogP contribution < -0.4 is 0 Å². The van der Waals surface area contributed by atoms with Gasteiger partial charge in [0.25, 0.3) is 11.9 Å². The van der Waals surface area contributed by atoms with E-state index in [9.17, 15) is 8.78 Å². The van der Waals surface area contributed by atoms with Crippen LogP contribution in [0.1, 0.15) is 19.8 Å². The molecular weight excluding hydrogens is 152 g/mol. The van der Waals surface area contributed by atoms with E-state index in [-0.39, 0.29) is 0 Å². The predicted molar refractivity (Wildman–Crippen MR) is 34.8 cm³/mol. The van der Waals surface area contributed by atoms with Crippen LogP contribution in [0.3, 0.4) is 0 Å². The van der Waals surface area contributed by atoms with Crippen LogP contribution in [0.2, 0.25) is 0 Å². The zero-order chi connectivity index (χ0) is 8.27. The van der Waals surface area contributed by atoms with Gasteiger partial charge in [-0.15, -0.1) is 0 Å². The Morgan fingerprint density at radius 2 is 2.18 bits per heavy atom. The third-order valence-corrected chi connectivity index (χ3v) is 1.36. The van der Waals surface area contributed by atoms with E-state index >= 15 is 0 Å². The third-order valence-electron chi connectivity index (χ3n) is 1.36. The highest BCUT2D eigenvalue weighted by Crippen LogP contribution is 2.01. The normalized spacial score (nSPS) is 10.5. The molecule has 0 aliphatic heterocycles. The second-order valence-corrected chi connectivity index (χ2v) is 2.25. The van der Waals surface area contributed by atoms with Gasteiger partial charge < -0.3 is 0 Å². The van der Waals surface area contributed by atoms with Crippen LogP contribution in [0, 0.1) is 11.9 Å². The second-order valence-electron chi connectivity index (χ2n) is 2.25. The highest BCUT2D eigenvalue weighted by atomic mass is 19.2. The lowest BCUT2D eigenvalue weighted by molar-refractivity contribution is 0.410. The Morgan fingerprint density at radius 3 is 2.64 bits per heavy atom. The molecule has 0 bridgehead atoms. The lowest BCUT2D eigenvalue weighted by Gasteiger charge is -1.96. The number of halogens is 2. The van der Waals surface area contributed by atoms with Gasteiger partial charge in [-0.3, -0.25) is 0 Å². The molecule has 0 amide bonds. The number of aryl methyl sites for hydroxylation is 1. The van der Waals surface area contributed by atoms with Crippen LogP contribution in [-0.2, 0) is 6.54 Å². The molecule has 0 unspecified atom stereocenters. The first-order valence-corrected chi connectivity index (χ1v) is 3.50. The summed E-state index contributed by atoms with van der Waals surface area (Å²) in [6.45, 7) is 2.35. The predicted octanol–water partition coefficient (Wildman–Crippen LogP) is 1.36. The smallest absolute Gasteiger partial charge is 0.217 e. The van der Waals surface area contributed by atoms with Crippen molar-refractivity contribution in [1.82, 2.24) is 15.0 Å². The quantitative estimate of drug-likeness (QED) is 0.670. The van der Waals surface area contributed by atoms with Gasteiger partial charge in [0, 0.05) is 6.54 Å². The number of nitrogens with zero attached hydrogens (tertiary/aromatic N) is 3. The molecule has 5 heteroatoms. The molecule has 0 aliphatic rings. The topological polar surface area (TPSA) is 30.7 Å². The monoisotopic (exact) mass is 161 g/mol. The van der Waals surface area contributed by atoms with Crippen LogP contribution in [-0.4, -0.2) is 15.0 Å². The first-order chi connectivity index (χ1) is 5.25. The summed E-state index contributed by atoms with van der Waals surface area (Å²) in [7, 11) is 0. The highest BCUT2D eigenvalue weighted by Gasteiger charge is 2.09. The lowest BCUT2D eigenvalue weighted by Crippen LogP contribution is -2.03. The highest BCUT2D eigenvalue weighted by molar-refractivity contribution is 4.75. The minimum Gasteiger partial charge on any atom is -0.217 e. The number of hydrogen-bond donors (Lipinski definition) is 0. The van der Waals surface area contributed by atoms with E-state index in [1.165, 1.54) is 0 Å². The number of unbranched alkanes of at least 4 members (excludes halogenated alkanes) is 1. The first-order valence-electron chi connectivity index (χ1n) is 3.50. The van der Waals surface area contributed by atoms with Crippen molar-refractivity contribution in [3.63, 3.8) is 0 Å². The fourth-order valence-corrected chi connectivity index (χ4v) is 0.731. The molecule has 1 heterocycles. The van der Waals surface area contributed by atoms with E-state index in [2.05, 4.69) is 10.3 Å². The molecule has 11 heavy (non-hydrogen) atoms. The molecular formula is C6H9F2N3. The van der Waals surface area contributed by atoms with Gasteiger partial charge in [0.1, 0.15) is 0 Å². The standard InChI is InChI=1S/C6H9F2N3/c1-2-3-4-11-6(8)5(7)9-10-11/h2-4H2,1H3. The maximum atomic E-state index is 12.5. The third kappa shape index (κ3) is 1.72. The van der Waals surface area contributed by atoms with Crippen molar-refractivity contribution in [3.8, 4) is 0 Å². The molecule has 0 radical (unpaired) electrons. The van der Waals surface area contributed by atoms with Crippen LogP contribution in [0.15, 0.2) is 0 Å². The van der Waals surface area contributed by atoms with Gasteiger partial charge in [-0.05, 0) is 6.42 Å². The Labute approximate surface area is 63.0 Å². The molecule has 0 saturated carbocycles. The average molecular weight is 161 g/mol. The first kappa shape index (κ1) is 8.10. The molecule has 0 saturated heterocycles. The molecule has 0 aromatic carbocycles. The molecule has 62 valence electrons. The number of rotatable bonds is 3. The Morgan fingerprint density at radius 1 is 1.45 bits per heavy atom. The number of hydrogen-bond acceptors (Lipinski definition) is 2. The zero-order valence-corrected chi connectivity index (χ0v) is 6.22. The van der Waals surface area contributed by atoms with Crippen molar-refractivity contribution in [2.24, 2.45) is 0 Å². The summed E-state index contributed by atoms with van der Waals surface area (Å²) in [4.78, 5) is 0. The van der Waals surface area contributed by atoms with Crippen LogP contribution in [0.4, 0.5) is 8.78 Å². The maximum absolute atomic E-state index is 12.5. The van der Waals surface area contributed by atoms with Gasteiger partial charge in [-0.1, -0.05) is 23.7 Å². The minimum atomic E-state index is -1.12. The van der Waals surface area contributed by atoms with E-state index in [4.69, 9.17) is 0 Å². The van der Waals surface area contributed by atoms with Crippen molar-refractivity contribution in [2.45, 2.75) is 26.3 Å². The van der Waals surface area contributed by atoms with Crippen molar-refractivity contribution in [3.05, 3.63) is 11.9 Å². The summed E-state index contributed by atoms with van der Waals surface area (Å²) in [6.07, 6.45) is 1.70. The van der Waals surface area contributed by atoms with Gasteiger partial charge in [-0.25, -0.2) is 4.68 Å². The molecule has 0 aliphatic carbocycles. The second kappa shape index (κ2) is 3.41. The number of aromatic nitrogens is 3. The van der Waals surface area contributed by atoms with Gasteiger partial charge in [-0.2, -0.15) is 8.78 Å². The Bertz CT molecular complexity index is 234. The van der Waals surface area contributed by atoms with Gasteiger partial charge in [0.15, 0.2) is 0 Å². The Kier molecular flexibility index (Phi) is 2.51. The van der Waals surface area contributed by atoms with E-state index in [0.29, 0.717) is 6.54 Å². The minimum absolute atomic E-state index is 0.388. The molecule has 0 atom stereocenters. The molecule has 0 spiro atoms. The summed E-state index contributed by atoms with van der Waals surface area (Å²) in [5, 5.41) is 6.21. The van der Waals surface area contributed by atoms with Gasteiger partial charge in [0.2, 0.25) is 0 Å². The Hall–Kier alpha value is -1.00. The largest absolute Gasteiger partial charge is 0.289 e. The molecule has 1 rings (SSSR count). The van der Waals surface area contributed by atoms with E-state index in [1.807, 2.05) is 6.92 Å². The van der Waals surface area contributed by atoms with Crippen molar-refractivity contribution in [2.75, 3.05) is 0 Å². The maximum Gasteiger partial charge on any atom is 0.289 e. The molecule has 3 nitrogen and oxygen atoms in total. The average Bonchev–Trinajstić information content (AvgIpc) is 2.31. The van der Waals surface area contributed by atoms with Crippen LogP contribution >= 0.6 is 0 Å². The fourth-order valence-electron chi connectivity index (χ4n) is 0.731. The summed E-state index contributed by atoms with van der Waals surface area (Å²) >= 11 is 0. The van der Waals surface area contributed by atoms with Crippen molar-refractivity contribution >= 4 is 0 Å². The van der Waals surface area contributed by atoms with Gasteiger partial charge >= 0.3 is 0 Å². The molecule has 0 N–H and O–H groups in total. The summed E-state index contributed by atoms with van der Waals surface area (Å²) in [6, 6.07) is 0. The van der Waals surface area contributed by atoms with Crippen LogP contribution in [0.25, 0.3) is 0 Å². The SMILES string of the molecule is CCCCn1nnc(F)c1F. The molecule has 1 aromatic rings. The van der Waals surface area contributed by atoms with Crippen molar-refractivity contribution in [1.29, 1.82) is 0 Å². The molecule has 0 fully saturated rings. The van der Waals surface area contributed by atoms with E-state index in [1.54, 1.807) is 0 Å². The van der Waals surface area contributed by atoms with Crippen LogP contribution in [0.5, 0.6) is 0 Å². The molecule has 1 aromatic heterocycles. The lowest BCUT2D eigenvalue weighted by atomic mass is 10.3. The van der Waals surface area contributed by atoms with E-state index < -0.39 is 11.9 Å². The van der Waals surface area contributed by atoms with Gasteiger partial charge in [0.05, 0.1) is 0 Å². The Balaban J connectivity index is 2.63. The zero-order valence-electron chi connectivity index (χ0n) is 6.22. The summed E-state index contributed by atoms with van der Waals surface area (Å²) in [5.41, 5.74) is 0. The van der Waals surface area contributed by atoms with E-state index in [0.717, 1.165) is 17.5 Å².